The second kappa shape index (κ2) is 3.65. The zero-order chi connectivity index (χ0) is 12.0. The SMILES string of the molecule is CC1(C)CC(C#N)(c2ccc(Cl)c(Cl)c2)C1. The summed E-state index contributed by atoms with van der Waals surface area (Å²) in [4.78, 5) is 0. The van der Waals surface area contributed by atoms with Gasteiger partial charge < -0.3 is 0 Å². The maximum absolute atomic E-state index is 9.36. The Labute approximate surface area is 106 Å². The van der Waals surface area contributed by atoms with Crippen LogP contribution in [0.1, 0.15) is 32.3 Å². The molecule has 0 unspecified atom stereocenters. The molecule has 1 fully saturated rings. The average Bonchev–Trinajstić information content (AvgIpc) is 2.18. The number of hydrogen-bond acceptors (Lipinski definition) is 1. The third kappa shape index (κ3) is 1.81. The molecule has 0 saturated heterocycles. The molecule has 0 N–H and O–H groups in total. The zero-order valence-electron chi connectivity index (χ0n) is 9.35. The van der Waals surface area contributed by atoms with Crippen molar-refractivity contribution in [2.45, 2.75) is 32.1 Å². The van der Waals surface area contributed by atoms with Crippen LogP contribution in [-0.4, -0.2) is 0 Å². The molecule has 1 aromatic rings. The molecule has 1 nitrogen and oxygen atoms in total. The van der Waals surface area contributed by atoms with E-state index in [2.05, 4.69) is 19.9 Å². The van der Waals surface area contributed by atoms with Crippen molar-refractivity contribution in [1.82, 2.24) is 0 Å². The zero-order valence-corrected chi connectivity index (χ0v) is 10.9. The largest absolute Gasteiger partial charge is 0.197 e. The van der Waals surface area contributed by atoms with Gasteiger partial charge in [-0.2, -0.15) is 5.26 Å². The third-order valence-electron chi connectivity index (χ3n) is 3.25. The van der Waals surface area contributed by atoms with Gasteiger partial charge in [0.15, 0.2) is 0 Å². The lowest BCUT2D eigenvalue weighted by Gasteiger charge is -2.49. The highest BCUT2D eigenvalue weighted by Gasteiger charge is 2.50. The van der Waals surface area contributed by atoms with Crippen molar-refractivity contribution >= 4 is 23.2 Å². The Morgan fingerprint density at radius 2 is 1.81 bits per heavy atom. The van der Waals surface area contributed by atoms with Crippen molar-refractivity contribution in [3.05, 3.63) is 33.8 Å². The summed E-state index contributed by atoms with van der Waals surface area (Å²) in [5.74, 6) is 0. The highest BCUT2D eigenvalue weighted by atomic mass is 35.5. The Bertz CT molecular complexity index is 463. The van der Waals surface area contributed by atoms with Crippen LogP contribution >= 0.6 is 23.2 Å². The minimum atomic E-state index is -0.363. The number of benzene rings is 1. The number of nitriles is 1. The first-order valence-corrected chi connectivity index (χ1v) is 6.01. The quantitative estimate of drug-likeness (QED) is 0.719. The van der Waals surface area contributed by atoms with Crippen LogP contribution in [0.3, 0.4) is 0 Å². The summed E-state index contributed by atoms with van der Waals surface area (Å²) in [7, 11) is 0. The molecule has 2 rings (SSSR count). The maximum atomic E-state index is 9.36. The molecule has 0 atom stereocenters. The predicted octanol–water partition coefficient (Wildman–Crippen LogP) is 4.57. The van der Waals surface area contributed by atoms with E-state index in [0.29, 0.717) is 10.0 Å². The highest BCUT2D eigenvalue weighted by Crippen LogP contribution is 2.55. The molecule has 0 spiro atoms. The van der Waals surface area contributed by atoms with Crippen LogP contribution in [-0.2, 0) is 5.41 Å². The second-order valence-corrected chi connectivity index (χ2v) is 6.15. The first-order valence-electron chi connectivity index (χ1n) is 5.25. The summed E-state index contributed by atoms with van der Waals surface area (Å²) in [5, 5.41) is 10.4. The molecule has 3 heteroatoms. The monoisotopic (exact) mass is 253 g/mol. The summed E-state index contributed by atoms with van der Waals surface area (Å²) < 4.78 is 0. The van der Waals surface area contributed by atoms with Crippen LogP contribution in [0.15, 0.2) is 18.2 Å². The fourth-order valence-electron chi connectivity index (χ4n) is 2.72. The van der Waals surface area contributed by atoms with Crippen LogP contribution in [0.25, 0.3) is 0 Å². The van der Waals surface area contributed by atoms with Crippen molar-refractivity contribution < 1.29 is 0 Å². The van der Waals surface area contributed by atoms with Gasteiger partial charge in [0.1, 0.15) is 0 Å². The van der Waals surface area contributed by atoms with E-state index in [9.17, 15) is 5.26 Å². The summed E-state index contributed by atoms with van der Waals surface area (Å²) in [6.07, 6.45) is 1.77. The Morgan fingerprint density at radius 1 is 1.19 bits per heavy atom. The van der Waals surface area contributed by atoms with Gasteiger partial charge in [-0.15, -0.1) is 0 Å². The minimum absolute atomic E-state index is 0.252. The Hall–Kier alpha value is -0.710. The molecule has 1 aromatic carbocycles. The van der Waals surface area contributed by atoms with Gasteiger partial charge in [-0.25, -0.2) is 0 Å². The molecule has 0 aliphatic heterocycles. The van der Waals surface area contributed by atoms with Crippen molar-refractivity contribution in [3.8, 4) is 6.07 Å². The lowest BCUT2D eigenvalue weighted by atomic mass is 9.52. The molecule has 84 valence electrons. The van der Waals surface area contributed by atoms with Gasteiger partial charge in [0.2, 0.25) is 0 Å². The van der Waals surface area contributed by atoms with E-state index >= 15 is 0 Å². The van der Waals surface area contributed by atoms with E-state index in [1.165, 1.54) is 0 Å². The van der Waals surface area contributed by atoms with Gasteiger partial charge in [0, 0.05) is 0 Å². The minimum Gasteiger partial charge on any atom is -0.197 e. The van der Waals surface area contributed by atoms with Gasteiger partial charge in [0.05, 0.1) is 21.5 Å². The van der Waals surface area contributed by atoms with Crippen molar-refractivity contribution in [2.75, 3.05) is 0 Å². The number of hydrogen-bond donors (Lipinski definition) is 0. The van der Waals surface area contributed by atoms with Gasteiger partial charge in [-0.05, 0) is 36.0 Å². The third-order valence-corrected chi connectivity index (χ3v) is 3.99. The first kappa shape index (κ1) is 11.8. The van der Waals surface area contributed by atoms with E-state index < -0.39 is 0 Å². The highest BCUT2D eigenvalue weighted by molar-refractivity contribution is 6.42. The second-order valence-electron chi connectivity index (χ2n) is 5.34. The Balaban J connectivity index is 2.37. The summed E-state index contributed by atoms with van der Waals surface area (Å²) in [6, 6.07) is 7.93. The number of halogens is 2. The summed E-state index contributed by atoms with van der Waals surface area (Å²) in [5.41, 5.74) is 0.878. The van der Waals surface area contributed by atoms with Crippen molar-refractivity contribution in [1.29, 1.82) is 5.26 Å². The molecule has 16 heavy (non-hydrogen) atoms. The van der Waals surface area contributed by atoms with E-state index in [1.54, 1.807) is 6.07 Å². The fourth-order valence-corrected chi connectivity index (χ4v) is 3.02. The van der Waals surface area contributed by atoms with Crippen LogP contribution in [0.4, 0.5) is 0 Å². The van der Waals surface area contributed by atoms with E-state index in [1.807, 2.05) is 12.1 Å². The smallest absolute Gasteiger partial charge is 0.0833 e. The molecule has 1 saturated carbocycles. The van der Waals surface area contributed by atoms with Gasteiger partial charge in [0.25, 0.3) is 0 Å². The van der Waals surface area contributed by atoms with E-state index in [-0.39, 0.29) is 10.8 Å². The number of rotatable bonds is 1. The maximum Gasteiger partial charge on any atom is 0.0833 e. The predicted molar refractivity (Wildman–Crippen MR) is 66.8 cm³/mol. The normalized spacial score (nSPS) is 20.9. The van der Waals surface area contributed by atoms with E-state index in [0.717, 1.165) is 18.4 Å². The fraction of sp³-hybridized carbons (Fsp3) is 0.462. The molecular weight excluding hydrogens is 241 g/mol. The van der Waals surface area contributed by atoms with Crippen LogP contribution in [0, 0.1) is 16.7 Å². The van der Waals surface area contributed by atoms with Crippen molar-refractivity contribution in [3.63, 3.8) is 0 Å². The van der Waals surface area contributed by atoms with Gasteiger partial charge in [-0.1, -0.05) is 43.1 Å². The number of nitrogens with zero attached hydrogens (tertiary/aromatic N) is 1. The molecule has 0 amide bonds. The molecule has 0 bridgehead atoms. The first-order chi connectivity index (χ1) is 7.38. The van der Waals surface area contributed by atoms with Gasteiger partial charge >= 0.3 is 0 Å². The molecule has 0 aromatic heterocycles. The lowest BCUT2D eigenvalue weighted by molar-refractivity contribution is 0.0999. The summed E-state index contributed by atoms with van der Waals surface area (Å²) >= 11 is 11.9. The van der Waals surface area contributed by atoms with Crippen molar-refractivity contribution in [2.24, 2.45) is 5.41 Å². The Kier molecular flexibility index (Phi) is 2.69. The lowest BCUT2D eigenvalue weighted by Crippen LogP contribution is -2.45. The topological polar surface area (TPSA) is 23.8 Å². The molecule has 0 radical (unpaired) electrons. The van der Waals surface area contributed by atoms with E-state index in [4.69, 9.17) is 23.2 Å². The van der Waals surface area contributed by atoms with Crippen LogP contribution in [0.2, 0.25) is 10.0 Å². The van der Waals surface area contributed by atoms with Gasteiger partial charge in [-0.3, -0.25) is 0 Å². The standard InChI is InChI=1S/C13H13Cl2N/c1-12(2)6-13(7-12,8-16)9-3-4-10(14)11(15)5-9/h3-5H,6-7H2,1-2H3. The molecule has 1 aliphatic rings. The molecular formula is C13H13Cl2N. The molecule has 1 aliphatic carbocycles. The summed E-state index contributed by atoms with van der Waals surface area (Å²) in [6.45, 7) is 4.36. The molecule has 0 heterocycles. The Morgan fingerprint density at radius 3 is 2.25 bits per heavy atom. The van der Waals surface area contributed by atoms with Crippen LogP contribution < -0.4 is 0 Å². The average molecular weight is 254 g/mol. The van der Waals surface area contributed by atoms with Crippen LogP contribution in [0.5, 0.6) is 0 Å².